The molecule has 4 N–H and O–H groups in total. The van der Waals surface area contributed by atoms with Crippen molar-refractivity contribution in [1.82, 2.24) is 30.3 Å². The van der Waals surface area contributed by atoms with Gasteiger partial charge in [-0.3, -0.25) is 38.8 Å². The van der Waals surface area contributed by atoms with E-state index in [2.05, 4.69) is 110 Å². The molecule has 0 spiro atoms. The molecule has 3 amide bonds. The second kappa shape index (κ2) is 32.2. The summed E-state index contributed by atoms with van der Waals surface area (Å²) >= 11 is 9.83. The lowest BCUT2D eigenvalue weighted by atomic mass is 9.68. The number of morpholine rings is 1. The van der Waals surface area contributed by atoms with Crippen molar-refractivity contribution in [2.45, 2.75) is 141 Å². The topological polar surface area (TPSA) is 177 Å². The number of aliphatic hydroxyl groups is 1. The quantitative estimate of drug-likeness (QED) is 0.0359. The lowest BCUT2D eigenvalue weighted by Crippen LogP contribution is -2.56. The van der Waals surface area contributed by atoms with E-state index in [4.69, 9.17) is 16.3 Å². The SMILES string of the molecule is Cc1cc(CNC(=O)c2ccc(N3CCN(CC4=C(c5ccc(Cl)cc5)CCC(C)(C(=O)CCCC(=O)N[C@H](C(=O)N5C[C@H](O)C[C@H]5C(=O)C[C@@H](C)c5ccc(-c6cncs6)cc5)C(C)(C)C)C4)CC3)cc2)ccc1N[C@H](CCN1CCOCC1)CSc1ccccc1. The van der Waals surface area contributed by atoms with Gasteiger partial charge in [0.25, 0.3) is 5.91 Å². The summed E-state index contributed by atoms with van der Waals surface area (Å²) in [5.41, 5.74) is 11.1. The van der Waals surface area contributed by atoms with E-state index in [0.717, 1.165) is 128 Å². The van der Waals surface area contributed by atoms with Crippen LogP contribution in [0.5, 0.6) is 0 Å². The normalized spacial score (nSPS) is 20.0. The van der Waals surface area contributed by atoms with Gasteiger partial charge in [-0.25, -0.2) is 0 Å². The number of thiazole rings is 1. The number of carbonyl (C=O) groups is 5. The molecule has 494 valence electrons. The largest absolute Gasteiger partial charge is 0.391 e. The number of nitrogens with one attached hydrogen (secondary N) is 3. The molecule has 3 fully saturated rings. The number of ether oxygens (including phenoxy) is 1. The number of rotatable bonds is 27. The van der Waals surface area contributed by atoms with Crippen molar-refractivity contribution in [3.63, 3.8) is 0 Å². The predicted molar refractivity (Wildman–Crippen MR) is 376 cm³/mol. The van der Waals surface area contributed by atoms with Gasteiger partial charge in [-0.05, 0) is 138 Å². The molecule has 4 heterocycles. The lowest BCUT2D eigenvalue weighted by molar-refractivity contribution is -0.143. The number of hydrogen-bond acceptors (Lipinski definition) is 14. The fraction of sp³-hybridized carbons (Fsp3) is 0.467. The maximum atomic E-state index is 14.5. The van der Waals surface area contributed by atoms with E-state index in [1.807, 2.05) is 106 Å². The Morgan fingerprint density at radius 3 is 2.27 bits per heavy atom. The standard InChI is InChI=1S/C75H93ClN8O7S2/c1-51(54-16-18-56(19-17-54)68-46-77-50-93-68)42-67(86)66-43-62(85)48-84(66)73(90)71(74(3,4)5)80-70(88)14-10-13-69(87)75(6)31-29-64(55-20-24-59(76)25-21-55)58(44-75)47-82-33-35-83(36-34-82)61-26-22-57(23-27-61)72(89)78-45-53-15-28-65(52(2)41-53)79-60(30-32-81-37-39-91-40-38-81)49-92-63-11-8-7-9-12-63/h7-9,11-12,15-28,41,46,50-51,60,62,66,71,79,85H,10,13-14,29-40,42-45,47-49H2,1-6H3,(H,78,89)(H,80,88)/t51-,60-,62-,66+,71-,75?/m1/s1. The van der Waals surface area contributed by atoms with Crippen molar-refractivity contribution in [2.75, 3.05) is 88.1 Å². The fourth-order valence-electron chi connectivity index (χ4n) is 13.5. The van der Waals surface area contributed by atoms with Crippen molar-refractivity contribution in [1.29, 1.82) is 0 Å². The maximum absolute atomic E-state index is 14.5. The first-order valence-corrected chi connectivity index (χ1v) is 35.5. The molecular formula is C75H93ClN8O7S2. The molecule has 18 heteroatoms. The van der Waals surface area contributed by atoms with E-state index in [9.17, 15) is 29.1 Å². The number of anilines is 2. The van der Waals surface area contributed by atoms with Gasteiger partial charge in [0.2, 0.25) is 11.8 Å². The van der Waals surface area contributed by atoms with Gasteiger partial charge in [0, 0.05) is 141 Å². The van der Waals surface area contributed by atoms with Gasteiger partial charge < -0.3 is 35.6 Å². The third-order valence-corrected chi connectivity index (χ3v) is 21.4. The summed E-state index contributed by atoms with van der Waals surface area (Å²) in [6.07, 6.45) is 4.97. The van der Waals surface area contributed by atoms with Gasteiger partial charge in [0.05, 0.1) is 35.7 Å². The number of allylic oxidation sites excluding steroid dienone is 1. The molecule has 0 bridgehead atoms. The zero-order valence-corrected chi connectivity index (χ0v) is 57.4. The van der Waals surface area contributed by atoms with Crippen LogP contribution in [-0.2, 0) is 30.5 Å². The van der Waals surface area contributed by atoms with Crippen LogP contribution in [0.25, 0.3) is 16.0 Å². The van der Waals surface area contributed by atoms with E-state index in [1.165, 1.54) is 20.9 Å². The van der Waals surface area contributed by atoms with Crippen LogP contribution in [-0.4, -0.2) is 156 Å². The third kappa shape index (κ3) is 18.8. The number of amides is 3. The van der Waals surface area contributed by atoms with E-state index in [0.29, 0.717) is 36.4 Å². The van der Waals surface area contributed by atoms with Crippen LogP contribution in [0.1, 0.15) is 131 Å². The molecule has 3 aliphatic heterocycles. The first-order valence-electron chi connectivity index (χ1n) is 33.2. The number of aryl methyl sites for hydroxylation is 1. The number of aliphatic hydroxyl groups excluding tert-OH is 1. The monoisotopic (exact) mass is 1320 g/mol. The Morgan fingerprint density at radius 2 is 1.58 bits per heavy atom. The molecule has 10 rings (SSSR count). The summed E-state index contributed by atoms with van der Waals surface area (Å²) in [7, 11) is 0. The van der Waals surface area contributed by atoms with Crippen molar-refractivity contribution < 1.29 is 33.8 Å². The van der Waals surface area contributed by atoms with Gasteiger partial charge in [-0.1, -0.05) is 119 Å². The minimum absolute atomic E-state index is 0.0111. The summed E-state index contributed by atoms with van der Waals surface area (Å²) in [4.78, 5) is 85.5. The number of benzene rings is 5. The summed E-state index contributed by atoms with van der Waals surface area (Å²) in [5, 5.41) is 21.5. The Bertz CT molecular complexity index is 3520. The number of nitrogens with zero attached hydrogens (tertiary/aromatic N) is 5. The second-order valence-corrected chi connectivity index (χ2v) is 29.7. The Morgan fingerprint density at radius 1 is 0.860 bits per heavy atom. The van der Waals surface area contributed by atoms with E-state index >= 15 is 0 Å². The van der Waals surface area contributed by atoms with Crippen LogP contribution >= 0.6 is 34.7 Å². The molecule has 0 saturated carbocycles. The highest BCUT2D eigenvalue weighted by Gasteiger charge is 2.45. The fourth-order valence-corrected chi connectivity index (χ4v) is 15.2. The Kier molecular flexibility index (Phi) is 23.9. The summed E-state index contributed by atoms with van der Waals surface area (Å²) in [5.74, 6) is -0.000951. The highest BCUT2D eigenvalue weighted by molar-refractivity contribution is 7.99. The van der Waals surface area contributed by atoms with Crippen LogP contribution in [0.4, 0.5) is 11.4 Å². The van der Waals surface area contributed by atoms with Crippen LogP contribution in [0.15, 0.2) is 144 Å². The molecule has 6 atom stereocenters. The number of likely N-dealkylation sites (tertiary alicyclic amines) is 1. The maximum Gasteiger partial charge on any atom is 0.251 e. The van der Waals surface area contributed by atoms with E-state index in [1.54, 1.807) is 16.8 Å². The Labute approximate surface area is 563 Å². The first kappa shape index (κ1) is 69.1. The second-order valence-electron chi connectivity index (χ2n) is 27.3. The molecule has 0 radical (unpaired) electrons. The Balaban J connectivity index is 0.691. The van der Waals surface area contributed by atoms with Crippen LogP contribution in [0.2, 0.25) is 5.02 Å². The summed E-state index contributed by atoms with van der Waals surface area (Å²) in [6.45, 7) is 20.8. The molecule has 1 unspecified atom stereocenters. The molecule has 5 aromatic carbocycles. The minimum Gasteiger partial charge on any atom is -0.391 e. The van der Waals surface area contributed by atoms with Crippen LogP contribution in [0, 0.1) is 17.8 Å². The number of piperazine rings is 1. The number of Topliss-reactive ketones (excluding diaryl/α,β-unsaturated/α-hetero) is 2. The van der Waals surface area contributed by atoms with Crippen LogP contribution < -0.4 is 20.9 Å². The number of thioether (sulfide) groups is 1. The molecule has 15 nitrogen and oxygen atoms in total. The molecule has 4 aliphatic rings. The van der Waals surface area contributed by atoms with Crippen molar-refractivity contribution >= 4 is 80.9 Å². The van der Waals surface area contributed by atoms with Crippen molar-refractivity contribution in [2.24, 2.45) is 10.8 Å². The number of β-amino-alcohol motifs (C(OH)–C–C–N with tert-alkyl or cyclic N) is 1. The van der Waals surface area contributed by atoms with E-state index < -0.39 is 34.9 Å². The lowest BCUT2D eigenvalue weighted by Gasteiger charge is -2.40. The molecule has 1 aromatic heterocycles. The van der Waals surface area contributed by atoms with Gasteiger partial charge in [-0.15, -0.1) is 23.1 Å². The zero-order valence-electron chi connectivity index (χ0n) is 55.0. The summed E-state index contributed by atoms with van der Waals surface area (Å²) in [6, 6.07) is 39.5. The number of carbonyl (C=O) groups excluding carboxylic acids is 5. The third-order valence-electron chi connectivity index (χ3n) is 19.2. The smallest absolute Gasteiger partial charge is 0.251 e. The average Bonchev–Trinajstić information content (AvgIpc) is 1.73. The number of hydrogen-bond donors (Lipinski definition) is 4. The predicted octanol–water partition coefficient (Wildman–Crippen LogP) is 12.8. The average molecular weight is 1320 g/mol. The zero-order chi connectivity index (χ0) is 65.7. The van der Waals surface area contributed by atoms with Crippen LogP contribution in [0.3, 0.4) is 0 Å². The highest BCUT2D eigenvalue weighted by atomic mass is 35.5. The number of ketones is 2. The number of aromatic nitrogens is 1. The minimum atomic E-state index is -0.950. The van der Waals surface area contributed by atoms with Gasteiger partial charge >= 0.3 is 0 Å². The number of halogens is 1. The molecule has 1 aliphatic carbocycles. The molecule has 93 heavy (non-hydrogen) atoms. The van der Waals surface area contributed by atoms with Gasteiger partial charge in [0.1, 0.15) is 11.8 Å². The Hall–Kier alpha value is -6.70. The molecule has 3 saturated heterocycles. The highest BCUT2D eigenvalue weighted by Crippen LogP contribution is 2.45. The summed E-state index contributed by atoms with van der Waals surface area (Å²) < 4.78 is 5.59. The van der Waals surface area contributed by atoms with E-state index in [-0.39, 0.29) is 67.6 Å². The molecule has 6 aromatic rings. The van der Waals surface area contributed by atoms with Crippen molar-refractivity contribution in [3.8, 4) is 10.4 Å². The van der Waals surface area contributed by atoms with Gasteiger partial charge in [0.15, 0.2) is 5.78 Å². The van der Waals surface area contributed by atoms with Crippen molar-refractivity contribution in [3.05, 3.63) is 171 Å². The molecular weight excluding hydrogens is 1220 g/mol. The van der Waals surface area contributed by atoms with Gasteiger partial charge in [-0.2, -0.15) is 0 Å². The first-order chi connectivity index (χ1) is 44.7.